The Morgan fingerprint density at radius 1 is 0.886 bits per heavy atom. The number of carbonyl (C=O) groups excluding carboxylic acids is 2. The second-order valence-electron chi connectivity index (χ2n) is 9.34. The van der Waals surface area contributed by atoms with E-state index < -0.39 is 5.97 Å². The van der Waals surface area contributed by atoms with Gasteiger partial charge in [-0.15, -0.1) is 0 Å². The maximum atomic E-state index is 12.9. The number of ketones is 1. The fourth-order valence-electron chi connectivity index (χ4n) is 3.83. The monoisotopic (exact) mass is 472 g/mol. The topological polar surface area (TPSA) is 71.1 Å². The predicted octanol–water partition coefficient (Wildman–Crippen LogP) is 6.15. The summed E-state index contributed by atoms with van der Waals surface area (Å²) in [4.78, 5) is 25.7. The fourth-order valence-corrected chi connectivity index (χ4v) is 3.83. The van der Waals surface area contributed by atoms with Gasteiger partial charge in [-0.1, -0.05) is 45.0 Å². The quantitative estimate of drug-likeness (QED) is 0.252. The summed E-state index contributed by atoms with van der Waals surface area (Å²) in [5, 5.41) is 0. The zero-order chi connectivity index (χ0) is 25.3. The van der Waals surface area contributed by atoms with Crippen molar-refractivity contribution >= 4 is 17.8 Å². The summed E-state index contributed by atoms with van der Waals surface area (Å²) in [6.45, 7) is 8.21. The molecule has 0 aliphatic carbocycles. The van der Waals surface area contributed by atoms with Crippen molar-refractivity contribution in [3.63, 3.8) is 0 Å². The van der Waals surface area contributed by atoms with Crippen molar-refractivity contribution in [1.29, 1.82) is 0 Å². The van der Waals surface area contributed by atoms with Crippen molar-refractivity contribution in [2.24, 2.45) is 0 Å². The molecule has 3 aromatic carbocycles. The van der Waals surface area contributed by atoms with Crippen LogP contribution in [0.2, 0.25) is 0 Å². The lowest BCUT2D eigenvalue weighted by Crippen LogP contribution is -2.10. The third-order valence-electron chi connectivity index (χ3n) is 5.93. The molecule has 0 fully saturated rings. The number of allylic oxidation sites excluding steroid dienone is 1. The second-order valence-corrected chi connectivity index (χ2v) is 9.34. The maximum Gasteiger partial charge on any atom is 0.343 e. The van der Waals surface area contributed by atoms with Gasteiger partial charge in [-0.25, -0.2) is 4.79 Å². The lowest BCUT2D eigenvalue weighted by atomic mass is 9.86. The summed E-state index contributed by atoms with van der Waals surface area (Å²) >= 11 is 0. The number of fused-ring (bicyclic) bond motifs is 1. The number of carbonyl (C=O) groups is 2. The van der Waals surface area contributed by atoms with E-state index in [0.717, 1.165) is 5.56 Å². The van der Waals surface area contributed by atoms with E-state index in [2.05, 4.69) is 32.9 Å². The summed E-state index contributed by atoms with van der Waals surface area (Å²) in [5.41, 5.74) is 3.43. The molecular formula is C29H28O6. The van der Waals surface area contributed by atoms with Crippen molar-refractivity contribution in [2.75, 3.05) is 14.2 Å². The summed E-state index contributed by atoms with van der Waals surface area (Å²) < 4.78 is 22.0. The van der Waals surface area contributed by atoms with Crippen LogP contribution in [0.5, 0.6) is 23.0 Å². The average Bonchev–Trinajstić information content (AvgIpc) is 3.15. The highest BCUT2D eigenvalue weighted by molar-refractivity contribution is 6.15. The molecule has 1 aliphatic rings. The molecule has 0 radical (unpaired) electrons. The van der Waals surface area contributed by atoms with E-state index >= 15 is 0 Å². The molecule has 0 saturated carbocycles. The number of hydrogen-bond donors (Lipinski definition) is 0. The van der Waals surface area contributed by atoms with Gasteiger partial charge in [0, 0.05) is 5.56 Å². The zero-order valence-electron chi connectivity index (χ0n) is 20.7. The lowest BCUT2D eigenvalue weighted by Gasteiger charge is -2.18. The van der Waals surface area contributed by atoms with Crippen LogP contribution in [0.15, 0.2) is 60.4 Å². The van der Waals surface area contributed by atoms with E-state index in [1.54, 1.807) is 43.3 Å². The van der Waals surface area contributed by atoms with Gasteiger partial charge in [0.15, 0.2) is 17.3 Å². The zero-order valence-corrected chi connectivity index (χ0v) is 20.7. The first-order valence-corrected chi connectivity index (χ1v) is 11.2. The molecule has 0 aromatic heterocycles. The van der Waals surface area contributed by atoms with Crippen molar-refractivity contribution in [2.45, 2.75) is 33.1 Å². The first kappa shape index (κ1) is 24.1. The van der Waals surface area contributed by atoms with Gasteiger partial charge in [-0.05, 0) is 59.9 Å². The van der Waals surface area contributed by atoms with Crippen LogP contribution < -0.4 is 18.9 Å². The molecule has 0 amide bonds. The molecular weight excluding hydrogens is 444 g/mol. The third-order valence-corrected chi connectivity index (χ3v) is 5.93. The Morgan fingerprint density at radius 3 is 2.17 bits per heavy atom. The molecule has 0 bridgehead atoms. The van der Waals surface area contributed by atoms with Gasteiger partial charge in [0.05, 0.1) is 25.3 Å². The highest BCUT2D eigenvalue weighted by Crippen LogP contribution is 2.40. The molecule has 6 heteroatoms. The van der Waals surface area contributed by atoms with Crippen LogP contribution in [0.25, 0.3) is 6.08 Å². The number of rotatable bonds is 5. The van der Waals surface area contributed by atoms with E-state index in [1.165, 1.54) is 19.8 Å². The van der Waals surface area contributed by atoms with Crippen LogP contribution in [0, 0.1) is 6.92 Å². The van der Waals surface area contributed by atoms with Crippen molar-refractivity contribution in [1.82, 2.24) is 0 Å². The average molecular weight is 473 g/mol. The highest BCUT2D eigenvalue weighted by Gasteiger charge is 2.30. The van der Waals surface area contributed by atoms with Gasteiger partial charge < -0.3 is 18.9 Å². The predicted molar refractivity (Wildman–Crippen MR) is 134 cm³/mol. The smallest absolute Gasteiger partial charge is 0.343 e. The summed E-state index contributed by atoms with van der Waals surface area (Å²) in [7, 11) is 3.02. The molecule has 3 aromatic rings. The SMILES string of the molecule is COc1ccc(C(=O)Oc2ccc3c(c2C)O/C(=C\c2ccc(C(C)(C)C)cc2)C3=O)cc1OC. The third kappa shape index (κ3) is 4.78. The molecule has 0 atom stereocenters. The van der Waals surface area contributed by atoms with Crippen LogP contribution in [0.4, 0.5) is 0 Å². The fraction of sp³-hybridized carbons (Fsp3) is 0.241. The molecule has 0 spiro atoms. The Balaban J connectivity index is 1.56. The Bertz CT molecular complexity index is 1330. The number of benzene rings is 3. The van der Waals surface area contributed by atoms with Gasteiger partial charge >= 0.3 is 5.97 Å². The molecule has 0 N–H and O–H groups in total. The molecule has 1 heterocycles. The minimum atomic E-state index is -0.562. The maximum absolute atomic E-state index is 12.9. The van der Waals surface area contributed by atoms with Crippen LogP contribution in [-0.4, -0.2) is 26.0 Å². The van der Waals surface area contributed by atoms with E-state index in [0.29, 0.717) is 39.7 Å². The van der Waals surface area contributed by atoms with E-state index in [1.807, 2.05) is 12.1 Å². The first-order valence-electron chi connectivity index (χ1n) is 11.2. The second kappa shape index (κ2) is 9.29. The number of hydrogen-bond acceptors (Lipinski definition) is 6. The summed E-state index contributed by atoms with van der Waals surface area (Å²) in [6, 6.07) is 16.0. The molecule has 0 saturated heterocycles. The van der Waals surface area contributed by atoms with Crippen molar-refractivity contribution < 1.29 is 28.5 Å². The molecule has 6 nitrogen and oxygen atoms in total. The molecule has 1 aliphatic heterocycles. The highest BCUT2D eigenvalue weighted by atomic mass is 16.5. The Labute approximate surface area is 205 Å². The largest absolute Gasteiger partial charge is 0.493 e. The summed E-state index contributed by atoms with van der Waals surface area (Å²) in [5.74, 6) is 1.10. The van der Waals surface area contributed by atoms with E-state index in [4.69, 9.17) is 18.9 Å². The van der Waals surface area contributed by atoms with Gasteiger partial charge in [0.25, 0.3) is 0 Å². The minimum absolute atomic E-state index is 0.0451. The lowest BCUT2D eigenvalue weighted by molar-refractivity contribution is 0.0732. The Morgan fingerprint density at radius 2 is 1.54 bits per heavy atom. The molecule has 0 unspecified atom stereocenters. The van der Waals surface area contributed by atoms with Crippen LogP contribution >= 0.6 is 0 Å². The summed E-state index contributed by atoms with van der Waals surface area (Å²) in [6.07, 6.45) is 1.73. The number of methoxy groups -OCH3 is 2. The van der Waals surface area contributed by atoms with E-state index in [9.17, 15) is 9.59 Å². The van der Waals surface area contributed by atoms with Crippen LogP contribution in [-0.2, 0) is 5.41 Å². The van der Waals surface area contributed by atoms with Crippen molar-refractivity contribution in [3.05, 3.63) is 88.2 Å². The normalized spacial score (nSPS) is 13.9. The van der Waals surface area contributed by atoms with Crippen molar-refractivity contribution in [3.8, 4) is 23.0 Å². The van der Waals surface area contributed by atoms with Gasteiger partial charge in [0.2, 0.25) is 5.78 Å². The van der Waals surface area contributed by atoms with Crippen LogP contribution in [0.1, 0.15) is 58.2 Å². The van der Waals surface area contributed by atoms with Gasteiger partial charge in [-0.3, -0.25) is 4.79 Å². The Hall–Kier alpha value is -4.06. The molecule has 35 heavy (non-hydrogen) atoms. The van der Waals surface area contributed by atoms with Crippen LogP contribution in [0.3, 0.4) is 0 Å². The van der Waals surface area contributed by atoms with E-state index in [-0.39, 0.29) is 17.0 Å². The number of ether oxygens (including phenoxy) is 4. The number of Topliss-reactive ketones (excluding diaryl/α,β-unsaturated/α-hetero) is 1. The Kier molecular flexibility index (Phi) is 6.39. The van der Waals surface area contributed by atoms with Gasteiger partial charge in [-0.2, -0.15) is 0 Å². The standard InChI is InChI=1S/C29H28O6/c1-17-22(35-28(31)19-9-13-23(32-5)24(16-19)33-6)14-12-21-26(30)25(34-27(17)21)15-18-7-10-20(11-8-18)29(2,3)4/h7-16H,1-6H3/b25-15-. The first-order chi connectivity index (χ1) is 16.6. The number of esters is 1. The molecule has 4 rings (SSSR count). The molecule has 180 valence electrons. The van der Waals surface area contributed by atoms with Gasteiger partial charge in [0.1, 0.15) is 11.5 Å². The minimum Gasteiger partial charge on any atom is -0.493 e.